The van der Waals surface area contributed by atoms with Crippen molar-refractivity contribution in [2.75, 3.05) is 25.0 Å². The lowest BCUT2D eigenvalue weighted by Gasteiger charge is -2.20. The first kappa shape index (κ1) is 24.4. The highest BCUT2D eigenvalue weighted by atomic mass is 79.9. The van der Waals surface area contributed by atoms with Gasteiger partial charge in [0.2, 0.25) is 0 Å². The topological polar surface area (TPSA) is 41.0 Å². The second-order valence-electron chi connectivity index (χ2n) is 8.75. The molecule has 0 fully saturated rings. The zero-order valence-corrected chi connectivity index (χ0v) is 21.8. The van der Waals surface area contributed by atoms with Crippen LogP contribution in [0.5, 0.6) is 0 Å². The maximum atomic E-state index is 4.93. The predicted molar refractivity (Wildman–Crippen MR) is 150 cm³/mol. The molecule has 1 atom stereocenters. The monoisotopic (exact) mass is 516 g/mol. The van der Waals surface area contributed by atoms with Crippen molar-refractivity contribution in [2.45, 2.75) is 39.7 Å². The fourth-order valence-corrected chi connectivity index (χ4v) is 4.49. The maximum absolute atomic E-state index is 4.93. The number of benzene rings is 3. The predicted octanol–water partition coefficient (Wildman–Crippen LogP) is 7.64. The van der Waals surface area contributed by atoms with Gasteiger partial charge in [-0.2, -0.15) is 0 Å². The molecule has 34 heavy (non-hydrogen) atoms. The van der Waals surface area contributed by atoms with Gasteiger partial charge in [-0.1, -0.05) is 72.3 Å². The third-order valence-corrected chi connectivity index (χ3v) is 6.79. The summed E-state index contributed by atoms with van der Waals surface area (Å²) < 4.78 is 1.07. The summed E-state index contributed by atoms with van der Waals surface area (Å²) in [4.78, 5) is 12.3. The van der Waals surface area contributed by atoms with Crippen LogP contribution >= 0.6 is 15.9 Å². The van der Waals surface area contributed by atoms with Crippen LogP contribution in [0.4, 0.5) is 5.82 Å². The molecule has 1 heterocycles. The van der Waals surface area contributed by atoms with Crippen molar-refractivity contribution in [2.24, 2.45) is 0 Å². The van der Waals surface area contributed by atoms with E-state index in [0.29, 0.717) is 11.9 Å². The molecule has 3 aromatic carbocycles. The van der Waals surface area contributed by atoms with Gasteiger partial charge in [0.15, 0.2) is 5.82 Å². The molecule has 1 unspecified atom stereocenters. The first-order chi connectivity index (χ1) is 16.6. The molecule has 0 aliphatic rings. The number of rotatable bonds is 10. The molecular weight excluding hydrogens is 484 g/mol. The molecule has 0 saturated carbocycles. The number of nitrogens with zero attached hydrogens (tertiary/aromatic N) is 3. The maximum Gasteiger partial charge on any atom is 0.154 e. The molecule has 0 aliphatic heterocycles. The van der Waals surface area contributed by atoms with Crippen LogP contribution in [0.1, 0.15) is 45.0 Å². The Hall–Kier alpha value is -2.76. The fourth-order valence-electron chi connectivity index (χ4n) is 4.23. The Bertz CT molecular complexity index is 1260. The molecule has 0 amide bonds. The van der Waals surface area contributed by atoms with E-state index in [4.69, 9.17) is 9.97 Å². The van der Waals surface area contributed by atoms with Gasteiger partial charge in [0.05, 0.1) is 5.52 Å². The van der Waals surface area contributed by atoms with Crippen LogP contribution < -0.4 is 5.32 Å². The number of aromatic nitrogens is 2. The van der Waals surface area contributed by atoms with E-state index < -0.39 is 0 Å². The smallest absolute Gasteiger partial charge is 0.154 e. The lowest BCUT2D eigenvalue weighted by Crippen LogP contribution is -2.25. The zero-order chi connectivity index (χ0) is 23.9. The summed E-state index contributed by atoms with van der Waals surface area (Å²) in [5.74, 6) is 1.62. The molecule has 5 heteroatoms. The number of halogens is 1. The molecule has 4 rings (SSSR count). The second-order valence-corrected chi connectivity index (χ2v) is 9.66. The van der Waals surface area contributed by atoms with Crippen molar-refractivity contribution in [3.05, 3.63) is 76.5 Å². The summed E-state index contributed by atoms with van der Waals surface area (Å²) in [7, 11) is 0. The first-order valence-corrected chi connectivity index (χ1v) is 13.0. The van der Waals surface area contributed by atoms with Crippen LogP contribution in [0.25, 0.3) is 33.8 Å². The van der Waals surface area contributed by atoms with Crippen molar-refractivity contribution >= 4 is 55.6 Å². The summed E-state index contributed by atoms with van der Waals surface area (Å²) in [6, 6.07) is 21.4. The molecule has 0 bridgehead atoms. The van der Waals surface area contributed by atoms with Gasteiger partial charge in [-0.3, -0.25) is 0 Å². The lowest BCUT2D eigenvalue weighted by atomic mass is 10.1. The van der Waals surface area contributed by atoms with Gasteiger partial charge in [-0.15, -0.1) is 0 Å². The molecular formula is C29H33BrN4. The van der Waals surface area contributed by atoms with Crippen molar-refractivity contribution < 1.29 is 0 Å². The highest BCUT2D eigenvalue weighted by Crippen LogP contribution is 2.27. The van der Waals surface area contributed by atoms with E-state index >= 15 is 0 Å². The zero-order valence-electron chi connectivity index (χ0n) is 20.3. The third-order valence-electron chi connectivity index (χ3n) is 6.26. The number of hydrogen-bond acceptors (Lipinski definition) is 4. The van der Waals surface area contributed by atoms with Gasteiger partial charge >= 0.3 is 0 Å². The van der Waals surface area contributed by atoms with E-state index in [-0.39, 0.29) is 0 Å². The van der Waals surface area contributed by atoms with Crippen molar-refractivity contribution in [1.29, 1.82) is 0 Å². The Morgan fingerprint density at radius 2 is 1.65 bits per heavy atom. The number of fused-ring (bicyclic) bond motifs is 2. The molecule has 4 nitrogen and oxygen atoms in total. The highest BCUT2D eigenvalue weighted by Gasteiger charge is 2.11. The summed E-state index contributed by atoms with van der Waals surface area (Å²) in [5, 5.41) is 7.15. The van der Waals surface area contributed by atoms with Gasteiger partial charge in [0.25, 0.3) is 0 Å². The van der Waals surface area contributed by atoms with Gasteiger partial charge in [0.1, 0.15) is 5.82 Å². The van der Waals surface area contributed by atoms with Crippen LogP contribution in [0.15, 0.2) is 65.1 Å². The SMILES string of the molecule is CCN(CC)CCCC(C)Nc1nc(C=Cc2ccc(Br)cc2)nc2cc3ccccc3cc12. The van der Waals surface area contributed by atoms with E-state index in [1.807, 2.05) is 18.2 Å². The number of anilines is 1. The molecule has 176 valence electrons. The second kappa shape index (κ2) is 11.6. The van der Waals surface area contributed by atoms with Crippen LogP contribution in [0, 0.1) is 0 Å². The standard InChI is InChI=1S/C29H33BrN4/c1-4-34(5-2)18-8-9-21(3)31-29-26-19-23-10-6-7-11-24(23)20-27(26)32-28(33-29)17-14-22-12-15-25(30)16-13-22/h6-7,10-17,19-21H,4-5,8-9,18H2,1-3H3,(H,31,32,33). The molecule has 0 radical (unpaired) electrons. The normalized spacial score (nSPS) is 12.7. The highest BCUT2D eigenvalue weighted by molar-refractivity contribution is 9.10. The van der Waals surface area contributed by atoms with E-state index in [1.165, 1.54) is 10.8 Å². The summed E-state index contributed by atoms with van der Waals surface area (Å²) in [5.41, 5.74) is 2.08. The third kappa shape index (κ3) is 6.22. The number of hydrogen-bond donors (Lipinski definition) is 1. The molecule has 0 saturated heterocycles. The van der Waals surface area contributed by atoms with Crippen LogP contribution in [-0.2, 0) is 0 Å². The Morgan fingerprint density at radius 1 is 0.941 bits per heavy atom. The average Bonchev–Trinajstić information content (AvgIpc) is 2.85. The average molecular weight is 518 g/mol. The minimum atomic E-state index is 0.323. The number of nitrogens with one attached hydrogen (secondary N) is 1. The first-order valence-electron chi connectivity index (χ1n) is 12.2. The molecule has 1 N–H and O–H groups in total. The summed E-state index contributed by atoms with van der Waals surface area (Å²) >= 11 is 3.49. The van der Waals surface area contributed by atoms with Gasteiger partial charge < -0.3 is 10.2 Å². The van der Waals surface area contributed by atoms with Crippen LogP contribution in [0.3, 0.4) is 0 Å². The molecule has 1 aromatic heterocycles. The minimum Gasteiger partial charge on any atom is -0.367 e. The van der Waals surface area contributed by atoms with E-state index in [9.17, 15) is 0 Å². The van der Waals surface area contributed by atoms with Crippen molar-refractivity contribution in [3.63, 3.8) is 0 Å². The largest absolute Gasteiger partial charge is 0.367 e. The Morgan fingerprint density at radius 3 is 2.35 bits per heavy atom. The van der Waals surface area contributed by atoms with Crippen LogP contribution in [-0.4, -0.2) is 40.5 Å². The van der Waals surface area contributed by atoms with Crippen LogP contribution in [0.2, 0.25) is 0 Å². The van der Waals surface area contributed by atoms with Gasteiger partial charge in [0, 0.05) is 15.9 Å². The Kier molecular flexibility index (Phi) is 8.30. The van der Waals surface area contributed by atoms with Gasteiger partial charge in [-0.05, 0) is 86.1 Å². The van der Waals surface area contributed by atoms with E-state index in [0.717, 1.165) is 59.2 Å². The van der Waals surface area contributed by atoms with Crippen molar-refractivity contribution in [1.82, 2.24) is 14.9 Å². The molecule has 0 spiro atoms. The quantitative estimate of drug-likeness (QED) is 0.220. The Labute approximate surface area is 211 Å². The summed E-state index contributed by atoms with van der Waals surface area (Å²) in [6.07, 6.45) is 6.32. The molecule has 0 aliphatic carbocycles. The van der Waals surface area contributed by atoms with Gasteiger partial charge in [-0.25, -0.2) is 9.97 Å². The molecule has 4 aromatic rings. The lowest BCUT2D eigenvalue weighted by molar-refractivity contribution is 0.295. The van der Waals surface area contributed by atoms with E-state index in [1.54, 1.807) is 0 Å². The van der Waals surface area contributed by atoms with Crippen molar-refractivity contribution in [3.8, 4) is 0 Å². The summed E-state index contributed by atoms with van der Waals surface area (Å²) in [6.45, 7) is 10.0. The fraction of sp³-hybridized carbons (Fsp3) is 0.310. The van der Waals surface area contributed by atoms with E-state index in [2.05, 4.69) is 102 Å². The Balaban J connectivity index is 1.63. The minimum absolute atomic E-state index is 0.323.